The maximum atomic E-state index is 12.5. The normalized spacial score (nSPS) is 11.0. The molecular formula is C36H26N4O6S2. The first-order valence-electron chi connectivity index (χ1n) is 14.7. The molecule has 2 heterocycles. The number of carbonyl (C=O) groups is 2. The van der Waals surface area contributed by atoms with E-state index < -0.39 is 0 Å². The molecule has 0 aliphatic heterocycles. The first kappa shape index (κ1) is 30.9. The van der Waals surface area contributed by atoms with E-state index >= 15 is 0 Å². The summed E-state index contributed by atoms with van der Waals surface area (Å²) in [5, 5.41) is 6.64. The largest absolute Gasteiger partial charge is 0.457 e. The van der Waals surface area contributed by atoms with E-state index in [4.69, 9.17) is 18.3 Å². The molecule has 2 N–H and O–H groups in total. The molecule has 0 fully saturated rings. The number of rotatable bonds is 12. The van der Waals surface area contributed by atoms with Crippen LogP contribution in [0.4, 0.5) is 11.4 Å². The summed E-state index contributed by atoms with van der Waals surface area (Å²) in [6, 6.07) is 36.4. The summed E-state index contributed by atoms with van der Waals surface area (Å²) in [6.45, 7) is 0. The van der Waals surface area contributed by atoms with E-state index in [0.717, 1.165) is 11.0 Å². The van der Waals surface area contributed by atoms with Crippen molar-refractivity contribution in [2.45, 2.75) is 10.4 Å². The number of aromatic nitrogens is 2. The summed E-state index contributed by atoms with van der Waals surface area (Å²) in [6.07, 6.45) is 0. The van der Waals surface area contributed by atoms with Crippen LogP contribution in [-0.2, 0) is 9.59 Å². The van der Waals surface area contributed by atoms with Crippen molar-refractivity contribution in [1.82, 2.24) is 9.97 Å². The third-order valence-corrected chi connectivity index (χ3v) is 8.41. The molecule has 0 unspecified atom stereocenters. The SMILES string of the molecule is O=C(CSc1nc2ccccc2o1)Nc1ccc(Oc2cccc(Oc3ccc(NC(=O)CSc4nc5ccccc5o4)cc3)c2)cc1. The number of nitrogens with one attached hydrogen (secondary N) is 2. The first-order valence-corrected chi connectivity index (χ1v) is 16.7. The molecule has 0 aliphatic rings. The molecular weight excluding hydrogens is 649 g/mol. The Kier molecular flexibility index (Phi) is 9.25. The van der Waals surface area contributed by atoms with E-state index in [0.29, 0.717) is 56.0 Å². The number of thioether (sulfide) groups is 2. The van der Waals surface area contributed by atoms with Crippen LogP contribution in [-0.4, -0.2) is 33.3 Å². The Hall–Kier alpha value is -5.72. The van der Waals surface area contributed by atoms with Gasteiger partial charge < -0.3 is 28.9 Å². The lowest BCUT2D eigenvalue weighted by Crippen LogP contribution is -2.13. The molecule has 10 nitrogen and oxygen atoms in total. The van der Waals surface area contributed by atoms with Crippen LogP contribution in [0.25, 0.3) is 22.2 Å². The summed E-state index contributed by atoms with van der Waals surface area (Å²) in [7, 11) is 0. The minimum absolute atomic E-state index is 0.163. The molecule has 0 atom stereocenters. The first-order chi connectivity index (χ1) is 23.5. The van der Waals surface area contributed by atoms with Gasteiger partial charge in [-0.15, -0.1) is 0 Å². The average Bonchev–Trinajstić information content (AvgIpc) is 3.72. The van der Waals surface area contributed by atoms with Crippen LogP contribution in [0, 0.1) is 0 Å². The molecule has 238 valence electrons. The van der Waals surface area contributed by atoms with Gasteiger partial charge in [0, 0.05) is 17.4 Å². The maximum Gasteiger partial charge on any atom is 0.257 e. The summed E-state index contributed by atoms with van der Waals surface area (Å²) in [5.41, 5.74) is 4.18. The highest BCUT2D eigenvalue weighted by atomic mass is 32.2. The minimum Gasteiger partial charge on any atom is -0.457 e. The molecule has 2 aromatic heterocycles. The number of nitrogens with zero attached hydrogens (tertiary/aromatic N) is 2. The molecule has 0 spiro atoms. The van der Waals surface area contributed by atoms with Crippen molar-refractivity contribution < 1.29 is 27.9 Å². The quantitative estimate of drug-likeness (QED) is 0.121. The third kappa shape index (κ3) is 7.97. The van der Waals surface area contributed by atoms with E-state index in [1.54, 1.807) is 54.6 Å². The van der Waals surface area contributed by atoms with Crippen molar-refractivity contribution in [3.05, 3.63) is 121 Å². The number of oxazole rings is 2. The van der Waals surface area contributed by atoms with Crippen molar-refractivity contribution in [1.29, 1.82) is 0 Å². The Morgan fingerprint density at radius 3 is 1.42 bits per heavy atom. The standard InChI is InChI=1S/C36H26N4O6S2/c41-33(21-47-35-39-29-8-1-3-10-31(29)45-35)37-23-12-16-25(17-13-23)43-27-6-5-7-28(20-27)44-26-18-14-24(15-19-26)38-34(42)22-48-36-40-30-9-2-4-11-32(30)46-36/h1-20H,21-22H2,(H,37,41)(H,38,42). The highest BCUT2D eigenvalue weighted by molar-refractivity contribution is 8.00. The lowest BCUT2D eigenvalue weighted by molar-refractivity contribution is -0.114. The monoisotopic (exact) mass is 674 g/mol. The molecule has 0 saturated heterocycles. The molecule has 48 heavy (non-hydrogen) atoms. The Morgan fingerprint density at radius 1 is 0.542 bits per heavy atom. The number of carbonyl (C=O) groups excluding carboxylic acids is 2. The van der Waals surface area contributed by atoms with Crippen molar-refractivity contribution in [2.24, 2.45) is 0 Å². The van der Waals surface area contributed by atoms with Crippen LogP contribution >= 0.6 is 23.5 Å². The van der Waals surface area contributed by atoms with Crippen molar-refractivity contribution >= 4 is 68.9 Å². The lowest BCUT2D eigenvalue weighted by Gasteiger charge is -2.11. The highest BCUT2D eigenvalue weighted by Gasteiger charge is 2.11. The molecule has 12 heteroatoms. The molecule has 5 aromatic carbocycles. The van der Waals surface area contributed by atoms with E-state index in [1.807, 2.05) is 66.7 Å². The number of anilines is 2. The zero-order valence-corrected chi connectivity index (χ0v) is 26.8. The van der Waals surface area contributed by atoms with Gasteiger partial charge in [0.15, 0.2) is 11.2 Å². The van der Waals surface area contributed by atoms with Gasteiger partial charge in [-0.2, -0.15) is 0 Å². The molecule has 7 aromatic rings. The number of amides is 2. The second-order valence-electron chi connectivity index (χ2n) is 10.3. The van der Waals surface area contributed by atoms with Gasteiger partial charge in [0.05, 0.1) is 11.5 Å². The minimum atomic E-state index is -0.174. The Morgan fingerprint density at radius 2 is 0.979 bits per heavy atom. The van der Waals surface area contributed by atoms with Gasteiger partial charge in [0.25, 0.3) is 10.4 Å². The van der Waals surface area contributed by atoms with Crippen LogP contribution in [0.5, 0.6) is 23.0 Å². The van der Waals surface area contributed by atoms with E-state index in [9.17, 15) is 9.59 Å². The zero-order valence-electron chi connectivity index (χ0n) is 25.1. The number of para-hydroxylation sites is 4. The second kappa shape index (κ2) is 14.4. The Labute approximate surface area is 282 Å². The maximum absolute atomic E-state index is 12.5. The predicted molar refractivity (Wildman–Crippen MR) is 186 cm³/mol. The van der Waals surface area contributed by atoms with E-state index in [2.05, 4.69) is 20.6 Å². The molecule has 0 aliphatic carbocycles. The van der Waals surface area contributed by atoms with Crippen molar-refractivity contribution in [2.75, 3.05) is 22.1 Å². The van der Waals surface area contributed by atoms with Gasteiger partial charge >= 0.3 is 0 Å². The van der Waals surface area contributed by atoms with Gasteiger partial charge in [-0.05, 0) is 84.9 Å². The second-order valence-corrected chi connectivity index (χ2v) is 12.1. The molecule has 0 saturated carbocycles. The topological polar surface area (TPSA) is 129 Å². The van der Waals surface area contributed by atoms with Crippen LogP contribution in [0.3, 0.4) is 0 Å². The molecule has 0 radical (unpaired) electrons. The summed E-state index contributed by atoms with van der Waals surface area (Å²) < 4.78 is 23.3. The van der Waals surface area contributed by atoms with Crippen LogP contribution in [0.1, 0.15) is 0 Å². The van der Waals surface area contributed by atoms with Crippen molar-refractivity contribution in [3.63, 3.8) is 0 Å². The third-order valence-electron chi connectivity index (χ3n) is 6.76. The fourth-order valence-corrected chi connectivity index (χ4v) is 5.84. The predicted octanol–water partition coefficient (Wildman–Crippen LogP) is 9.02. The number of ether oxygens (including phenoxy) is 2. The summed E-state index contributed by atoms with van der Waals surface area (Å²) >= 11 is 2.47. The highest BCUT2D eigenvalue weighted by Crippen LogP contribution is 2.30. The number of hydrogen-bond donors (Lipinski definition) is 2. The Bertz CT molecular complexity index is 1980. The van der Waals surface area contributed by atoms with Gasteiger partial charge in [-0.25, -0.2) is 9.97 Å². The fourth-order valence-electron chi connectivity index (χ4n) is 4.56. The number of benzene rings is 5. The number of hydrogen-bond acceptors (Lipinski definition) is 10. The van der Waals surface area contributed by atoms with E-state index in [1.165, 1.54) is 23.5 Å². The van der Waals surface area contributed by atoms with Gasteiger partial charge in [0.1, 0.15) is 34.0 Å². The Balaban J connectivity index is 0.868. The molecule has 2 amide bonds. The molecule has 0 bridgehead atoms. The van der Waals surface area contributed by atoms with Crippen LogP contribution in [0.15, 0.2) is 141 Å². The van der Waals surface area contributed by atoms with Crippen molar-refractivity contribution in [3.8, 4) is 23.0 Å². The zero-order chi connectivity index (χ0) is 32.7. The fraction of sp³-hybridized carbons (Fsp3) is 0.0556. The summed E-state index contributed by atoms with van der Waals surface area (Å²) in [5.74, 6) is 2.34. The van der Waals surface area contributed by atoms with Gasteiger partial charge in [0.2, 0.25) is 11.8 Å². The van der Waals surface area contributed by atoms with Gasteiger partial charge in [-0.1, -0.05) is 53.9 Å². The van der Waals surface area contributed by atoms with Crippen LogP contribution in [0.2, 0.25) is 0 Å². The molecule has 7 rings (SSSR count). The number of fused-ring (bicyclic) bond motifs is 2. The summed E-state index contributed by atoms with van der Waals surface area (Å²) in [4.78, 5) is 33.7. The smallest absolute Gasteiger partial charge is 0.257 e. The van der Waals surface area contributed by atoms with E-state index in [-0.39, 0.29) is 23.3 Å². The lowest BCUT2D eigenvalue weighted by atomic mass is 10.2. The average molecular weight is 675 g/mol. The van der Waals surface area contributed by atoms with Gasteiger partial charge in [-0.3, -0.25) is 9.59 Å². The van der Waals surface area contributed by atoms with Crippen LogP contribution < -0.4 is 20.1 Å².